The molecule has 0 bridgehead atoms. The summed E-state index contributed by atoms with van der Waals surface area (Å²) in [6, 6.07) is 6.24. The maximum atomic E-state index is 5.68. The van der Waals surface area contributed by atoms with E-state index in [4.69, 9.17) is 8.83 Å². The zero-order valence-electron chi connectivity index (χ0n) is 9.69. The summed E-state index contributed by atoms with van der Waals surface area (Å²) in [6.45, 7) is 4.98. The lowest BCUT2D eigenvalue weighted by molar-refractivity contribution is 0.407. The molecular weight excluding hydrogens is 202 g/mol. The summed E-state index contributed by atoms with van der Waals surface area (Å²) in [5, 5.41) is 3.38. The molecule has 0 saturated carbocycles. The molecule has 0 aromatic carbocycles. The van der Waals surface area contributed by atoms with E-state index in [9.17, 15) is 0 Å². The molecule has 0 spiro atoms. The van der Waals surface area contributed by atoms with Gasteiger partial charge in [0.1, 0.15) is 11.5 Å². The second-order valence-corrected chi connectivity index (χ2v) is 3.89. The van der Waals surface area contributed by atoms with Crippen LogP contribution in [0.1, 0.15) is 37.0 Å². The highest BCUT2D eigenvalue weighted by Crippen LogP contribution is 2.17. The molecule has 86 valence electrons. The van der Waals surface area contributed by atoms with Gasteiger partial charge in [0.2, 0.25) is 0 Å². The first kappa shape index (κ1) is 11.0. The van der Waals surface area contributed by atoms with Crippen molar-refractivity contribution in [1.82, 2.24) is 5.32 Å². The van der Waals surface area contributed by atoms with Crippen molar-refractivity contribution in [3.8, 4) is 0 Å². The topological polar surface area (TPSA) is 38.3 Å². The standard InChI is InChI=1S/C13H17NO2/c1-3-12-4-5-13(16-12)10(2)14-8-11-6-7-15-9-11/h4-7,9-10,14H,3,8H2,1-2H3. The SMILES string of the molecule is CCc1ccc(C(C)NCc2ccoc2)o1. The van der Waals surface area contributed by atoms with Crippen LogP contribution in [0, 0.1) is 0 Å². The van der Waals surface area contributed by atoms with Crippen LogP contribution in [0.2, 0.25) is 0 Å². The van der Waals surface area contributed by atoms with Gasteiger partial charge < -0.3 is 14.2 Å². The summed E-state index contributed by atoms with van der Waals surface area (Å²) >= 11 is 0. The summed E-state index contributed by atoms with van der Waals surface area (Å²) in [6.07, 6.45) is 4.37. The van der Waals surface area contributed by atoms with Gasteiger partial charge in [0.25, 0.3) is 0 Å². The van der Waals surface area contributed by atoms with E-state index >= 15 is 0 Å². The van der Waals surface area contributed by atoms with E-state index in [0.717, 1.165) is 30.0 Å². The van der Waals surface area contributed by atoms with Gasteiger partial charge in [-0.2, -0.15) is 0 Å². The van der Waals surface area contributed by atoms with Crippen molar-refractivity contribution in [3.63, 3.8) is 0 Å². The maximum Gasteiger partial charge on any atom is 0.120 e. The minimum atomic E-state index is 0.218. The normalized spacial score (nSPS) is 12.9. The van der Waals surface area contributed by atoms with Crippen LogP contribution in [0.5, 0.6) is 0 Å². The number of aryl methyl sites for hydroxylation is 1. The van der Waals surface area contributed by atoms with Gasteiger partial charge in [-0.25, -0.2) is 0 Å². The van der Waals surface area contributed by atoms with Crippen LogP contribution >= 0.6 is 0 Å². The highest BCUT2D eigenvalue weighted by atomic mass is 16.3. The van der Waals surface area contributed by atoms with E-state index in [2.05, 4.69) is 19.2 Å². The summed E-state index contributed by atoms with van der Waals surface area (Å²) in [5.41, 5.74) is 1.15. The molecule has 2 aromatic rings. The molecule has 1 atom stereocenters. The predicted molar refractivity (Wildman–Crippen MR) is 62.0 cm³/mol. The minimum absolute atomic E-state index is 0.218. The molecule has 0 aliphatic carbocycles. The third-order valence-electron chi connectivity index (χ3n) is 2.65. The summed E-state index contributed by atoms with van der Waals surface area (Å²) in [5.74, 6) is 2.02. The van der Waals surface area contributed by atoms with Crippen molar-refractivity contribution < 1.29 is 8.83 Å². The van der Waals surface area contributed by atoms with Gasteiger partial charge in [-0.1, -0.05) is 6.92 Å². The molecule has 0 amide bonds. The van der Waals surface area contributed by atoms with Gasteiger partial charge in [-0.05, 0) is 25.1 Å². The molecule has 3 nitrogen and oxygen atoms in total. The third-order valence-corrected chi connectivity index (χ3v) is 2.65. The Morgan fingerprint density at radius 2 is 2.19 bits per heavy atom. The fourth-order valence-corrected chi connectivity index (χ4v) is 1.58. The first-order chi connectivity index (χ1) is 7.79. The van der Waals surface area contributed by atoms with E-state index in [1.54, 1.807) is 12.5 Å². The Morgan fingerprint density at radius 1 is 1.31 bits per heavy atom. The molecule has 3 heteroatoms. The predicted octanol–water partition coefficient (Wildman–Crippen LogP) is 3.29. The molecule has 1 N–H and O–H groups in total. The van der Waals surface area contributed by atoms with Crippen LogP contribution in [-0.2, 0) is 13.0 Å². The molecule has 0 radical (unpaired) electrons. The van der Waals surface area contributed by atoms with Crippen molar-refractivity contribution in [2.45, 2.75) is 32.9 Å². The Morgan fingerprint density at radius 3 is 2.81 bits per heavy atom. The Labute approximate surface area is 95.5 Å². The van der Waals surface area contributed by atoms with Gasteiger partial charge in [-0.3, -0.25) is 0 Å². The summed E-state index contributed by atoms with van der Waals surface area (Å²) in [7, 11) is 0. The van der Waals surface area contributed by atoms with E-state index < -0.39 is 0 Å². The molecule has 1 unspecified atom stereocenters. The fraction of sp³-hybridized carbons (Fsp3) is 0.385. The molecule has 2 aromatic heterocycles. The quantitative estimate of drug-likeness (QED) is 0.838. The second-order valence-electron chi connectivity index (χ2n) is 3.89. The molecule has 0 saturated heterocycles. The van der Waals surface area contributed by atoms with E-state index in [-0.39, 0.29) is 6.04 Å². The second kappa shape index (κ2) is 5.03. The minimum Gasteiger partial charge on any atom is -0.472 e. The van der Waals surface area contributed by atoms with Crippen molar-refractivity contribution in [2.24, 2.45) is 0 Å². The smallest absolute Gasteiger partial charge is 0.120 e. The molecule has 16 heavy (non-hydrogen) atoms. The van der Waals surface area contributed by atoms with Gasteiger partial charge in [0.05, 0.1) is 18.6 Å². The molecule has 0 aliphatic rings. The summed E-state index contributed by atoms with van der Waals surface area (Å²) in [4.78, 5) is 0. The monoisotopic (exact) mass is 219 g/mol. The van der Waals surface area contributed by atoms with Crippen LogP contribution < -0.4 is 5.32 Å². The Bertz CT molecular complexity index is 417. The van der Waals surface area contributed by atoms with E-state index in [1.165, 1.54) is 0 Å². The lowest BCUT2D eigenvalue weighted by Gasteiger charge is -2.09. The first-order valence-corrected chi connectivity index (χ1v) is 5.62. The highest BCUT2D eigenvalue weighted by molar-refractivity contribution is 5.11. The van der Waals surface area contributed by atoms with E-state index in [1.807, 2.05) is 18.2 Å². The Hall–Kier alpha value is -1.48. The van der Waals surface area contributed by atoms with Gasteiger partial charge in [-0.15, -0.1) is 0 Å². The molecular formula is C13H17NO2. The first-order valence-electron chi connectivity index (χ1n) is 5.62. The van der Waals surface area contributed by atoms with Crippen molar-refractivity contribution in [2.75, 3.05) is 0 Å². The molecule has 2 heterocycles. The Balaban J connectivity index is 1.90. The lowest BCUT2D eigenvalue weighted by Crippen LogP contribution is -2.17. The fourth-order valence-electron chi connectivity index (χ4n) is 1.58. The van der Waals surface area contributed by atoms with Gasteiger partial charge in [0, 0.05) is 18.5 Å². The third kappa shape index (κ3) is 2.55. The van der Waals surface area contributed by atoms with Crippen LogP contribution in [-0.4, -0.2) is 0 Å². The molecule has 0 aliphatic heterocycles. The molecule has 0 fully saturated rings. The van der Waals surface area contributed by atoms with Crippen LogP contribution in [0.15, 0.2) is 39.6 Å². The largest absolute Gasteiger partial charge is 0.472 e. The van der Waals surface area contributed by atoms with Crippen molar-refractivity contribution in [3.05, 3.63) is 47.8 Å². The van der Waals surface area contributed by atoms with Crippen molar-refractivity contribution in [1.29, 1.82) is 0 Å². The number of nitrogens with one attached hydrogen (secondary N) is 1. The van der Waals surface area contributed by atoms with E-state index in [0.29, 0.717) is 0 Å². The zero-order chi connectivity index (χ0) is 11.4. The lowest BCUT2D eigenvalue weighted by atomic mass is 10.2. The van der Waals surface area contributed by atoms with Crippen LogP contribution in [0.3, 0.4) is 0 Å². The summed E-state index contributed by atoms with van der Waals surface area (Å²) < 4.78 is 10.7. The van der Waals surface area contributed by atoms with Crippen LogP contribution in [0.25, 0.3) is 0 Å². The number of furan rings is 2. The highest BCUT2D eigenvalue weighted by Gasteiger charge is 2.09. The zero-order valence-corrected chi connectivity index (χ0v) is 9.69. The van der Waals surface area contributed by atoms with Gasteiger partial charge in [0.15, 0.2) is 0 Å². The van der Waals surface area contributed by atoms with Gasteiger partial charge >= 0.3 is 0 Å². The number of hydrogen-bond acceptors (Lipinski definition) is 3. The molecule has 2 rings (SSSR count). The van der Waals surface area contributed by atoms with Crippen molar-refractivity contribution >= 4 is 0 Å². The number of rotatable bonds is 5. The Kier molecular flexibility index (Phi) is 3.47. The maximum absolute atomic E-state index is 5.68. The average molecular weight is 219 g/mol. The van der Waals surface area contributed by atoms with Crippen LogP contribution in [0.4, 0.5) is 0 Å². The average Bonchev–Trinajstić information content (AvgIpc) is 2.96. The number of hydrogen-bond donors (Lipinski definition) is 1.